The zero-order valence-electron chi connectivity index (χ0n) is 18.8. The van der Waals surface area contributed by atoms with E-state index in [1.807, 2.05) is 19.1 Å². The van der Waals surface area contributed by atoms with Crippen molar-refractivity contribution >= 4 is 40.6 Å². The van der Waals surface area contributed by atoms with E-state index in [1.165, 1.54) is 4.90 Å². The first-order valence-electron chi connectivity index (χ1n) is 11.5. The summed E-state index contributed by atoms with van der Waals surface area (Å²) in [5.74, 6) is -2.51. The highest BCUT2D eigenvalue weighted by Crippen LogP contribution is 2.53. The van der Waals surface area contributed by atoms with Crippen LogP contribution in [0.4, 0.5) is 5.69 Å². The Labute approximate surface area is 202 Å². The molecule has 8 heteroatoms. The molecule has 0 saturated carbocycles. The summed E-state index contributed by atoms with van der Waals surface area (Å²) in [5.41, 5.74) is -0.515. The SMILES string of the molecule is CCCN1C(=O)[C@@]2(C(=C(O)c3ccc(Cl)cc3)C(=O)C(=O)N2C[C@H]2CCCO2)c2ccccc21. The largest absolute Gasteiger partial charge is 0.507 e. The summed E-state index contributed by atoms with van der Waals surface area (Å²) in [6, 6.07) is 13.5. The maximum Gasteiger partial charge on any atom is 0.296 e. The Hall–Kier alpha value is -3.16. The predicted molar refractivity (Wildman–Crippen MR) is 127 cm³/mol. The second kappa shape index (κ2) is 8.56. The van der Waals surface area contributed by atoms with E-state index >= 15 is 0 Å². The van der Waals surface area contributed by atoms with Crippen LogP contribution in [0.2, 0.25) is 5.02 Å². The number of halogens is 1. The number of fused-ring (bicyclic) bond motifs is 2. The molecule has 1 N–H and O–H groups in total. The molecule has 2 aromatic rings. The second-order valence-electron chi connectivity index (χ2n) is 8.79. The number of hydrogen-bond acceptors (Lipinski definition) is 5. The highest BCUT2D eigenvalue weighted by molar-refractivity contribution is 6.50. The number of carbonyl (C=O) groups excluding carboxylic acids is 3. The van der Waals surface area contributed by atoms with Crippen molar-refractivity contribution in [2.75, 3.05) is 24.6 Å². The Morgan fingerprint density at radius 2 is 1.88 bits per heavy atom. The van der Waals surface area contributed by atoms with E-state index in [2.05, 4.69) is 0 Å². The summed E-state index contributed by atoms with van der Waals surface area (Å²) in [6.45, 7) is 3.03. The molecule has 34 heavy (non-hydrogen) atoms. The van der Waals surface area contributed by atoms with Gasteiger partial charge in [0.1, 0.15) is 5.76 Å². The standard InChI is InChI=1S/C26H25ClN2O5/c1-2-13-28-20-8-4-3-7-19(20)26(25(28)33)21(22(30)16-9-11-17(27)12-10-16)23(31)24(32)29(26)15-18-6-5-14-34-18/h3-4,7-12,18,30H,2,5-6,13-15H2,1H3/t18-,26+/m1/s1. The molecular weight excluding hydrogens is 456 g/mol. The van der Waals surface area contributed by atoms with Crippen molar-refractivity contribution in [3.8, 4) is 0 Å². The van der Waals surface area contributed by atoms with E-state index in [0.29, 0.717) is 41.4 Å². The van der Waals surface area contributed by atoms with Crippen molar-refractivity contribution in [2.45, 2.75) is 37.8 Å². The fraction of sp³-hybridized carbons (Fsp3) is 0.346. The molecule has 3 aliphatic heterocycles. The minimum atomic E-state index is -1.75. The molecule has 3 heterocycles. The molecule has 1 spiro atoms. The zero-order valence-corrected chi connectivity index (χ0v) is 19.5. The van der Waals surface area contributed by atoms with Crippen LogP contribution in [0.15, 0.2) is 54.1 Å². The minimum absolute atomic E-state index is 0.0853. The molecule has 0 radical (unpaired) electrons. The molecular formula is C26H25ClN2O5. The van der Waals surface area contributed by atoms with Gasteiger partial charge in [-0.2, -0.15) is 0 Å². The van der Waals surface area contributed by atoms with Crippen LogP contribution in [-0.2, 0) is 24.7 Å². The fourth-order valence-electron chi connectivity index (χ4n) is 5.31. The van der Waals surface area contributed by atoms with Gasteiger partial charge < -0.3 is 19.6 Å². The fourth-order valence-corrected chi connectivity index (χ4v) is 5.43. The van der Waals surface area contributed by atoms with E-state index < -0.39 is 28.9 Å². The Balaban J connectivity index is 1.79. The maximum atomic E-state index is 14.2. The van der Waals surface area contributed by atoms with Gasteiger partial charge in [0, 0.05) is 35.8 Å². The number of hydrogen-bond donors (Lipinski definition) is 1. The van der Waals surface area contributed by atoms with Crippen LogP contribution in [0.5, 0.6) is 0 Å². The highest BCUT2D eigenvalue weighted by Gasteiger charge is 2.67. The van der Waals surface area contributed by atoms with Crippen molar-refractivity contribution < 1.29 is 24.2 Å². The topological polar surface area (TPSA) is 87.2 Å². The van der Waals surface area contributed by atoms with Gasteiger partial charge in [0.15, 0.2) is 5.54 Å². The van der Waals surface area contributed by atoms with Gasteiger partial charge in [-0.25, -0.2) is 0 Å². The Bertz CT molecular complexity index is 1200. The minimum Gasteiger partial charge on any atom is -0.507 e. The number of amides is 2. The molecule has 2 fully saturated rings. The number of para-hydroxylation sites is 1. The van der Waals surface area contributed by atoms with Gasteiger partial charge in [-0.15, -0.1) is 0 Å². The van der Waals surface area contributed by atoms with E-state index in [-0.39, 0.29) is 18.2 Å². The summed E-state index contributed by atoms with van der Waals surface area (Å²) >= 11 is 6.01. The van der Waals surface area contributed by atoms with Crippen LogP contribution >= 0.6 is 11.6 Å². The van der Waals surface area contributed by atoms with Gasteiger partial charge in [-0.3, -0.25) is 14.4 Å². The second-order valence-corrected chi connectivity index (χ2v) is 9.23. The molecule has 5 rings (SSSR count). The van der Waals surface area contributed by atoms with Crippen molar-refractivity contribution in [3.63, 3.8) is 0 Å². The summed E-state index contributed by atoms with van der Waals surface area (Å²) in [5, 5.41) is 11.9. The lowest BCUT2D eigenvalue weighted by Gasteiger charge is -2.35. The van der Waals surface area contributed by atoms with Crippen LogP contribution in [0.25, 0.3) is 5.76 Å². The molecule has 7 nitrogen and oxygen atoms in total. The van der Waals surface area contributed by atoms with Crippen LogP contribution in [0.1, 0.15) is 37.3 Å². The van der Waals surface area contributed by atoms with Gasteiger partial charge in [0.25, 0.3) is 17.6 Å². The lowest BCUT2D eigenvalue weighted by molar-refractivity contribution is -0.145. The van der Waals surface area contributed by atoms with Crippen LogP contribution in [0.3, 0.4) is 0 Å². The quantitative estimate of drug-likeness (QED) is 0.399. The molecule has 2 atom stereocenters. The average molecular weight is 481 g/mol. The Kier molecular flexibility index (Phi) is 5.70. The molecule has 3 aliphatic rings. The van der Waals surface area contributed by atoms with Crippen molar-refractivity contribution in [1.29, 1.82) is 0 Å². The molecule has 2 aromatic carbocycles. The number of nitrogens with zero attached hydrogens (tertiary/aromatic N) is 2. The Morgan fingerprint density at radius 1 is 1.15 bits per heavy atom. The number of aliphatic hydroxyl groups excluding tert-OH is 1. The predicted octanol–water partition coefficient (Wildman–Crippen LogP) is 3.85. The number of aliphatic hydroxyl groups is 1. The van der Waals surface area contributed by atoms with E-state index in [4.69, 9.17) is 16.3 Å². The third kappa shape index (κ3) is 3.18. The normalized spacial score (nSPS) is 25.6. The molecule has 0 aromatic heterocycles. The van der Waals surface area contributed by atoms with Crippen molar-refractivity contribution in [3.05, 3.63) is 70.3 Å². The molecule has 2 amide bonds. The number of rotatable bonds is 5. The van der Waals surface area contributed by atoms with E-state index in [1.54, 1.807) is 41.3 Å². The first-order chi connectivity index (χ1) is 16.4. The molecule has 176 valence electrons. The summed E-state index contributed by atoms with van der Waals surface area (Å²) in [6.07, 6.45) is 1.97. The average Bonchev–Trinajstić information content (AvgIpc) is 3.49. The third-order valence-corrected chi connectivity index (χ3v) is 7.04. The number of carbonyl (C=O) groups is 3. The van der Waals surface area contributed by atoms with Gasteiger partial charge >= 0.3 is 0 Å². The first-order valence-corrected chi connectivity index (χ1v) is 11.9. The number of Topliss-reactive ketones (excluding diaryl/α,β-unsaturated/α-hetero) is 1. The van der Waals surface area contributed by atoms with Crippen LogP contribution in [-0.4, -0.2) is 53.4 Å². The van der Waals surface area contributed by atoms with Gasteiger partial charge in [-0.1, -0.05) is 36.7 Å². The Morgan fingerprint density at radius 3 is 2.56 bits per heavy atom. The first kappa shape index (κ1) is 22.6. The van der Waals surface area contributed by atoms with Gasteiger partial charge in [0.05, 0.1) is 17.4 Å². The van der Waals surface area contributed by atoms with Gasteiger partial charge in [-0.05, 0) is 49.6 Å². The number of likely N-dealkylation sites (tertiary alicyclic amines) is 1. The number of anilines is 1. The monoisotopic (exact) mass is 480 g/mol. The van der Waals surface area contributed by atoms with E-state index in [0.717, 1.165) is 12.8 Å². The van der Waals surface area contributed by atoms with Crippen molar-refractivity contribution in [1.82, 2.24) is 4.90 Å². The molecule has 0 bridgehead atoms. The zero-order chi connectivity index (χ0) is 24.0. The number of ketones is 1. The summed E-state index contributed by atoms with van der Waals surface area (Å²) < 4.78 is 5.77. The smallest absolute Gasteiger partial charge is 0.296 e. The number of ether oxygens (including phenoxy) is 1. The summed E-state index contributed by atoms with van der Waals surface area (Å²) in [7, 11) is 0. The van der Waals surface area contributed by atoms with Crippen LogP contribution < -0.4 is 4.90 Å². The summed E-state index contributed by atoms with van der Waals surface area (Å²) in [4.78, 5) is 44.1. The number of benzene rings is 2. The van der Waals surface area contributed by atoms with Gasteiger partial charge in [0.2, 0.25) is 0 Å². The van der Waals surface area contributed by atoms with E-state index in [9.17, 15) is 19.5 Å². The van der Waals surface area contributed by atoms with Crippen molar-refractivity contribution in [2.24, 2.45) is 0 Å². The third-order valence-electron chi connectivity index (χ3n) is 6.78. The maximum absolute atomic E-state index is 14.2. The van der Waals surface area contributed by atoms with Crippen LogP contribution in [0, 0.1) is 0 Å². The highest BCUT2D eigenvalue weighted by atomic mass is 35.5. The lowest BCUT2D eigenvalue weighted by atomic mass is 9.81. The molecule has 2 saturated heterocycles. The molecule has 0 unspecified atom stereocenters. The molecule has 0 aliphatic carbocycles. The lowest BCUT2D eigenvalue weighted by Crippen LogP contribution is -2.53.